The van der Waals surface area contributed by atoms with E-state index in [4.69, 9.17) is 15.2 Å². The van der Waals surface area contributed by atoms with E-state index in [-0.39, 0.29) is 0 Å². The van der Waals surface area contributed by atoms with Gasteiger partial charge in [-0.2, -0.15) is 0 Å². The molecule has 1 saturated carbocycles. The van der Waals surface area contributed by atoms with Crippen molar-refractivity contribution in [1.82, 2.24) is 0 Å². The number of benzene rings is 1. The van der Waals surface area contributed by atoms with E-state index in [1.54, 1.807) is 14.2 Å². The molecule has 0 amide bonds. The van der Waals surface area contributed by atoms with E-state index in [1.165, 1.54) is 24.8 Å². The number of ether oxygens (including phenoxy) is 2. The molecule has 2 rings (SSSR count). The highest BCUT2D eigenvalue weighted by Crippen LogP contribution is 2.47. The fraction of sp³-hybridized carbons (Fsp3) is 0.625. The summed E-state index contributed by atoms with van der Waals surface area (Å²) in [5.41, 5.74) is 7.24. The number of hydrogen-bond donors (Lipinski definition) is 1. The first-order valence-electron chi connectivity index (χ1n) is 7.22. The molecule has 0 radical (unpaired) electrons. The zero-order chi connectivity index (χ0) is 14.7. The highest BCUT2D eigenvalue weighted by atomic mass is 79.9. The highest BCUT2D eigenvalue weighted by Gasteiger charge is 2.31. The van der Waals surface area contributed by atoms with E-state index < -0.39 is 0 Å². The van der Waals surface area contributed by atoms with Crippen LogP contribution in [0.1, 0.15) is 37.7 Å². The van der Waals surface area contributed by atoms with Crippen LogP contribution in [0.3, 0.4) is 0 Å². The fourth-order valence-corrected chi connectivity index (χ4v) is 4.00. The monoisotopic (exact) mass is 341 g/mol. The maximum absolute atomic E-state index is 5.98. The molecule has 112 valence electrons. The van der Waals surface area contributed by atoms with E-state index in [0.717, 1.165) is 28.4 Å². The molecule has 0 bridgehead atoms. The quantitative estimate of drug-likeness (QED) is 0.901. The molecule has 0 aromatic heterocycles. The smallest absolute Gasteiger partial charge is 0.140 e. The van der Waals surface area contributed by atoms with Crippen LogP contribution in [-0.2, 0) is 0 Å². The maximum atomic E-state index is 5.98. The standard InChI is InChI=1S/C16H24BrNO2/c1-10-4-5-11(9-18)13(8-10)12-6-7-14(19-2)15(17)16(12)20-3/h6-7,10-11,13H,4-5,8-9,18H2,1-3H3. The predicted octanol–water partition coefficient (Wildman–Crippen LogP) is 3.94. The molecule has 0 aliphatic heterocycles. The Kier molecular flexibility index (Phi) is 5.33. The van der Waals surface area contributed by atoms with E-state index in [0.29, 0.717) is 11.8 Å². The van der Waals surface area contributed by atoms with Gasteiger partial charge in [0.25, 0.3) is 0 Å². The summed E-state index contributed by atoms with van der Waals surface area (Å²) in [7, 11) is 3.39. The molecule has 20 heavy (non-hydrogen) atoms. The lowest BCUT2D eigenvalue weighted by Crippen LogP contribution is -2.28. The molecule has 3 nitrogen and oxygen atoms in total. The van der Waals surface area contributed by atoms with Crippen LogP contribution in [-0.4, -0.2) is 20.8 Å². The summed E-state index contributed by atoms with van der Waals surface area (Å²) in [5.74, 6) is 3.45. The van der Waals surface area contributed by atoms with E-state index in [2.05, 4.69) is 28.9 Å². The summed E-state index contributed by atoms with van der Waals surface area (Å²) >= 11 is 3.59. The van der Waals surface area contributed by atoms with Gasteiger partial charge in [0, 0.05) is 0 Å². The second-order valence-corrected chi connectivity index (χ2v) is 6.52. The van der Waals surface area contributed by atoms with Crippen molar-refractivity contribution >= 4 is 15.9 Å². The number of halogens is 1. The molecule has 3 atom stereocenters. The number of nitrogens with two attached hydrogens (primary N) is 1. The molecule has 0 saturated heterocycles. The Labute approximate surface area is 130 Å². The Morgan fingerprint density at radius 1 is 1.25 bits per heavy atom. The molecule has 4 heteroatoms. The highest BCUT2D eigenvalue weighted by molar-refractivity contribution is 9.10. The van der Waals surface area contributed by atoms with Gasteiger partial charge in [0.1, 0.15) is 16.0 Å². The van der Waals surface area contributed by atoms with Gasteiger partial charge in [0.15, 0.2) is 0 Å². The SMILES string of the molecule is COc1ccc(C2CC(C)CCC2CN)c(OC)c1Br. The Morgan fingerprint density at radius 2 is 2.00 bits per heavy atom. The Morgan fingerprint density at radius 3 is 2.60 bits per heavy atom. The van der Waals surface area contributed by atoms with Crippen LogP contribution in [0.2, 0.25) is 0 Å². The third-order valence-corrected chi connectivity index (χ3v) is 5.22. The lowest BCUT2D eigenvalue weighted by atomic mass is 9.71. The third kappa shape index (κ3) is 2.96. The van der Waals surface area contributed by atoms with Gasteiger partial charge in [-0.25, -0.2) is 0 Å². The van der Waals surface area contributed by atoms with E-state index in [9.17, 15) is 0 Å². The van der Waals surface area contributed by atoms with Crippen LogP contribution >= 0.6 is 15.9 Å². The summed E-state index contributed by atoms with van der Waals surface area (Å²) in [6.45, 7) is 3.06. The lowest BCUT2D eigenvalue weighted by molar-refractivity contribution is 0.248. The van der Waals surface area contributed by atoms with Crippen molar-refractivity contribution in [1.29, 1.82) is 0 Å². The van der Waals surface area contributed by atoms with Crippen molar-refractivity contribution in [2.75, 3.05) is 20.8 Å². The van der Waals surface area contributed by atoms with Crippen molar-refractivity contribution in [3.05, 3.63) is 22.2 Å². The summed E-state index contributed by atoms with van der Waals surface area (Å²) in [6.07, 6.45) is 3.66. The van der Waals surface area contributed by atoms with Crippen LogP contribution < -0.4 is 15.2 Å². The zero-order valence-electron chi connectivity index (χ0n) is 12.5. The van der Waals surface area contributed by atoms with Crippen molar-refractivity contribution in [2.45, 2.75) is 32.1 Å². The van der Waals surface area contributed by atoms with Crippen LogP contribution in [0.25, 0.3) is 0 Å². The van der Waals surface area contributed by atoms with Crippen LogP contribution in [0.5, 0.6) is 11.5 Å². The summed E-state index contributed by atoms with van der Waals surface area (Å²) in [4.78, 5) is 0. The molecule has 1 aliphatic rings. The van der Waals surface area contributed by atoms with Gasteiger partial charge < -0.3 is 15.2 Å². The van der Waals surface area contributed by atoms with Gasteiger partial charge in [0.05, 0.1) is 14.2 Å². The van der Waals surface area contributed by atoms with Gasteiger partial charge in [-0.05, 0) is 64.7 Å². The second-order valence-electron chi connectivity index (χ2n) is 5.72. The predicted molar refractivity (Wildman–Crippen MR) is 85.5 cm³/mol. The largest absolute Gasteiger partial charge is 0.495 e. The molecular formula is C16H24BrNO2. The molecular weight excluding hydrogens is 318 g/mol. The van der Waals surface area contributed by atoms with Gasteiger partial charge in [0.2, 0.25) is 0 Å². The van der Waals surface area contributed by atoms with Gasteiger partial charge >= 0.3 is 0 Å². The minimum absolute atomic E-state index is 0.473. The molecule has 1 fully saturated rings. The Bertz CT molecular complexity index is 464. The first-order chi connectivity index (χ1) is 9.62. The average molecular weight is 342 g/mol. The molecule has 1 aromatic carbocycles. The topological polar surface area (TPSA) is 44.5 Å². The van der Waals surface area contributed by atoms with E-state index in [1.807, 2.05) is 6.07 Å². The summed E-state index contributed by atoms with van der Waals surface area (Å²) in [5, 5.41) is 0. The Hall–Kier alpha value is -0.740. The van der Waals surface area contributed by atoms with Gasteiger partial charge in [-0.1, -0.05) is 19.4 Å². The van der Waals surface area contributed by atoms with Crippen LogP contribution in [0.4, 0.5) is 0 Å². The third-order valence-electron chi connectivity index (χ3n) is 4.47. The zero-order valence-corrected chi connectivity index (χ0v) is 14.1. The number of methoxy groups -OCH3 is 2. The normalized spacial score (nSPS) is 26.4. The molecule has 3 unspecified atom stereocenters. The molecule has 0 spiro atoms. The molecule has 2 N–H and O–H groups in total. The van der Waals surface area contributed by atoms with Crippen molar-refractivity contribution in [3.63, 3.8) is 0 Å². The first-order valence-corrected chi connectivity index (χ1v) is 8.02. The van der Waals surface area contributed by atoms with Gasteiger partial charge in [-0.3, -0.25) is 0 Å². The lowest BCUT2D eigenvalue weighted by Gasteiger charge is -2.35. The van der Waals surface area contributed by atoms with Crippen LogP contribution in [0.15, 0.2) is 16.6 Å². The fourth-order valence-electron chi connectivity index (χ4n) is 3.32. The minimum Gasteiger partial charge on any atom is -0.495 e. The van der Waals surface area contributed by atoms with Crippen molar-refractivity contribution < 1.29 is 9.47 Å². The first kappa shape index (κ1) is 15.6. The molecule has 1 aliphatic carbocycles. The Balaban J connectivity index is 2.42. The minimum atomic E-state index is 0.473. The molecule has 0 heterocycles. The second kappa shape index (κ2) is 6.81. The summed E-state index contributed by atoms with van der Waals surface area (Å²) in [6, 6.07) is 4.14. The number of rotatable bonds is 4. The van der Waals surface area contributed by atoms with Crippen molar-refractivity contribution in [3.8, 4) is 11.5 Å². The van der Waals surface area contributed by atoms with Crippen molar-refractivity contribution in [2.24, 2.45) is 17.6 Å². The molecule has 1 aromatic rings. The van der Waals surface area contributed by atoms with Crippen LogP contribution in [0, 0.1) is 11.8 Å². The van der Waals surface area contributed by atoms with E-state index >= 15 is 0 Å². The maximum Gasteiger partial charge on any atom is 0.140 e. The average Bonchev–Trinajstić information content (AvgIpc) is 2.46. The van der Waals surface area contributed by atoms with Gasteiger partial charge in [-0.15, -0.1) is 0 Å². The summed E-state index contributed by atoms with van der Waals surface area (Å²) < 4.78 is 11.9. The number of hydrogen-bond acceptors (Lipinski definition) is 3.